The van der Waals surface area contributed by atoms with Crippen LogP contribution in [-0.2, 0) is 47.5 Å². The third-order valence-corrected chi connectivity index (χ3v) is 11.7. The molecular formula is C38H65NO14. The number of rotatable bonds is 9. The molecule has 3 fully saturated rings. The molecule has 15 heteroatoms. The smallest absolute Gasteiger partial charge is 0.308 e. The second-order valence-corrected chi connectivity index (χ2v) is 16.0. The molecule has 0 aromatic heterocycles. The Morgan fingerprint density at radius 1 is 0.887 bits per heavy atom. The predicted molar refractivity (Wildman–Crippen MR) is 190 cm³/mol. The molecular weight excluding hydrogens is 694 g/mol. The van der Waals surface area contributed by atoms with Crippen molar-refractivity contribution < 1.29 is 67.9 Å². The van der Waals surface area contributed by atoms with E-state index in [1.54, 1.807) is 45.8 Å². The van der Waals surface area contributed by atoms with Gasteiger partial charge in [-0.15, -0.1) is 0 Å². The van der Waals surface area contributed by atoms with Crippen molar-refractivity contribution in [2.45, 2.75) is 159 Å². The monoisotopic (exact) mass is 759 g/mol. The van der Waals surface area contributed by atoms with E-state index in [9.17, 15) is 30.0 Å². The van der Waals surface area contributed by atoms with Gasteiger partial charge in [0.25, 0.3) is 0 Å². The van der Waals surface area contributed by atoms with E-state index in [2.05, 4.69) is 0 Å². The molecule has 0 aliphatic carbocycles. The third kappa shape index (κ3) is 10.0. The first-order valence-corrected chi connectivity index (χ1v) is 19.0. The van der Waals surface area contributed by atoms with Crippen molar-refractivity contribution in [3.8, 4) is 0 Å². The van der Waals surface area contributed by atoms with E-state index < -0.39 is 115 Å². The number of esters is 1. The van der Waals surface area contributed by atoms with Gasteiger partial charge in [-0.25, -0.2) is 0 Å². The van der Waals surface area contributed by atoms with Gasteiger partial charge in [0, 0.05) is 32.0 Å². The highest BCUT2D eigenvalue weighted by Crippen LogP contribution is 2.45. The van der Waals surface area contributed by atoms with Crippen LogP contribution in [0.3, 0.4) is 0 Å². The molecule has 306 valence electrons. The van der Waals surface area contributed by atoms with Gasteiger partial charge in [0.15, 0.2) is 18.4 Å². The highest BCUT2D eigenvalue weighted by atomic mass is 16.7. The van der Waals surface area contributed by atoms with Crippen molar-refractivity contribution in [2.24, 2.45) is 23.7 Å². The van der Waals surface area contributed by atoms with Crippen LogP contribution in [0.15, 0.2) is 12.2 Å². The van der Waals surface area contributed by atoms with Gasteiger partial charge < -0.3 is 63.2 Å². The van der Waals surface area contributed by atoms with Crippen LogP contribution in [0.4, 0.5) is 0 Å². The fourth-order valence-electron chi connectivity index (χ4n) is 8.27. The maximum absolute atomic E-state index is 13.6. The van der Waals surface area contributed by atoms with Crippen LogP contribution < -0.4 is 0 Å². The fourth-order valence-corrected chi connectivity index (χ4v) is 8.27. The van der Waals surface area contributed by atoms with Crippen LogP contribution in [0.25, 0.3) is 0 Å². The number of ketones is 1. The van der Waals surface area contributed by atoms with Gasteiger partial charge in [0.05, 0.1) is 55.7 Å². The average Bonchev–Trinajstić information content (AvgIpc) is 3.77. The van der Waals surface area contributed by atoms with Gasteiger partial charge in [0.1, 0.15) is 36.1 Å². The van der Waals surface area contributed by atoms with E-state index in [1.165, 1.54) is 20.3 Å². The quantitative estimate of drug-likeness (QED) is 0.193. The zero-order valence-corrected chi connectivity index (χ0v) is 33.2. The number of aliphatic hydroxyl groups excluding tert-OH is 4. The molecule has 4 rings (SSSR count). The Morgan fingerprint density at radius 3 is 2.11 bits per heavy atom. The summed E-state index contributed by atoms with van der Waals surface area (Å²) in [6, 6.07) is -0.676. The van der Waals surface area contributed by atoms with Crippen molar-refractivity contribution in [3.63, 3.8) is 0 Å². The molecule has 0 saturated carbocycles. The van der Waals surface area contributed by atoms with Gasteiger partial charge in [-0.1, -0.05) is 27.7 Å². The number of hydrogen-bond donors (Lipinski definition) is 4. The predicted octanol–water partition coefficient (Wildman–Crippen LogP) is 1.20. The highest BCUT2D eigenvalue weighted by Gasteiger charge is 2.58. The minimum absolute atomic E-state index is 0.0190. The summed E-state index contributed by atoms with van der Waals surface area (Å²) in [5.74, 6) is -2.68. The van der Waals surface area contributed by atoms with Crippen molar-refractivity contribution in [3.05, 3.63) is 12.2 Å². The first-order valence-electron chi connectivity index (χ1n) is 19.0. The highest BCUT2D eigenvalue weighted by molar-refractivity contribution is 5.91. The van der Waals surface area contributed by atoms with Gasteiger partial charge in [-0.3, -0.25) is 9.59 Å². The van der Waals surface area contributed by atoms with Gasteiger partial charge in [-0.2, -0.15) is 0 Å². The van der Waals surface area contributed by atoms with Crippen molar-refractivity contribution in [1.29, 1.82) is 0 Å². The first-order chi connectivity index (χ1) is 24.9. The van der Waals surface area contributed by atoms with Crippen LogP contribution in [0, 0.1) is 23.7 Å². The van der Waals surface area contributed by atoms with Crippen LogP contribution >= 0.6 is 0 Å². The Balaban J connectivity index is 1.60. The summed E-state index contributed by atoms with van der Waals surface area (Å²) in [7, 11) is 6.45. The van der Waals surface area contributed by atoms with E-state index in [0.717, 1.165) is 0 Å². The Bertz CT molecular complexity index is 1240. The zero-order valence-electron chi connectivity index (χ0n) is 33.2. The molecule has 15 nitrogen and oxygen atoms in total. The van der Waals surface area contributed by atoms with E-state index in [-0.39, 0.29) is 24.7 Å². The van der Waals surface area contributed by atoms with Gasteiger partial charge in [0.2, 0.25) is 0 Å². The maximum Gasteiger partial charge on any atom is 0.308 e. The second-order valence-electron chi connectivity index (χ2n) is 16.0. The largest absolute Gasteiger partial charge is 0.462 e. The molecule has 0 aromatic rings. The van der Waals surface area contributed by atoms with E-state index in [4.69, 9.17) is 37.9 Å². The number of nitrogens with zero attached hydrogens (tertiary/aromatic N) is 1. The molecule has 19 atom stereocenters. The van der Waals surface area contributed by atoms with Crippen LogP contribution in [0.5, 0.6) is 0 Å². The lowest BCUT2D eigenvalue weighted by atomic mass is 9.82. The van der Waals surface area contributed by atoms with Crippen molar-refractivity contribution in [1.82, 2.24) is 4.90 Å². The Morgan fingerprint density at radius 2 is 1.51 bits per heavy atom. The van der Waals surface area contributed by atoms with E-state index >= 15 is 0 Å². The number of methoxy groups -OCH3 is 2. The SMILES string of the molecule is CC[C@H]1OC(=O)C[C@@H](O)[C@H](C)C(O[C@@H]2O[C@H](C)[C@@H](O)[C@H](N(C)C)[C@H]2O)[C@@H](C)C[C@@H](C)C(=O)/C=C/C2(C)OC2C1COC1O[C@H](C)C(O)C(OC)C1OC. The van der Waals surface area contributed by atoms with Gasteiger partial charge >= 0.3 is 5.97 Å². The molecule has 0 amide bonds. The van der Waals surface area contributed by atoms with Crippen LogP contribution in [0.1, 0.15) is 67.7 Å². The molecule has 4 heterocycles. The average molecular weight is 760 g/mol. The summed E-state index contributed by atoms with van der Waals surface area (Å²) in [5, 5.41) is 44.2. The lowest BCUT2D eigenvalue weighted by Crippen LogP contribution is -2.63. The summed E-state index contributed by atoms with van der Waals surface area (Å²) in [6.07, 6.45) is -7.36. The number of allylic oxidation sites excluding steroid dienone is 1. The molecule has 8 unspecified atom stereocenters. The summed E-state index contributed by atoms with van der Waals surface area (Å²) in [6.45, 7) is 12.6. The minimum Gasteiger partial charge on any atom is -0.462 e. The number of aliphatic hydroxyl groups is 4. The Hall–Kier alpha value is -1.60. The van der Waals surface area contributed by atoms with Crippen molar-refractivity contribution in [2.75, 3.05) is 34.9 Å². The Kier molecular flexibility index (Phi) is 15.5. The molecule has 4 aliphatic heterocycles. The number of ether oxygens (including phenoxy) is 8. The van der Waals surface area contributed by atoms with Crippen molar-refractivity contribution >= 4 is 11.8 Å². The van der Waals surface area contributed by atoms with Gasteiger partial charge in [-0.05, 0) is 65.8 Å². The molecule has 4 aliphatic rings. The topological polar surface area (TPSA) is 195 Å². The normalized spacial score (nSPS) is 48.2. The second kappa shape index (κ2) is 18.6. The summed E-state index contributed by atoms with van der Waals surface area (Å²) in [4.78, 5) is 28.8. The molecule has 0 bridgehead atoms. The molecule has 0 aromatic carbocycles. The van der Waals surface area contributed by atoms with E-state index in [1.807, 2.05) is 27.7 Å². The molecule has 0 spiro atoms. The standard InChI is InChI=1S/C38H65NO14/c1-12-26-23(17-48-37-34(47-11)33(46-10)30(44)22(6)50-37)35-38(7,53-35)14-13-24(40)18(2)15-19(3)32(20(4)25(41)16-27(42)51-26)52-36-31(45)28(39(8)9)29(43)21(5)49-36/h13-14,18-23,25-26,28-37,41,43-45H,12,15-17H2,1-11H3/b14-13+/t18-,19+,20+,21-,22-,23?,25-,26-,28+,29-,30?,31-,32?,33?,34?,35?,36+,37?,38?/m1/s1. The summed E-state index contributed by atoms with van der Waals surface area (Å²) in [5.41, 5.74) is -0.850. The summed E-state index contributed by atoms with van der Waals surface area (Å²) < 4.78 is 48.1. The fraction of sp³-hybridized carbons (Fsp3) is 0.895. The van der Waals surface area contributed by atoms with E-state index in [0.29, 0.717) is 12.8 Å². The number of likely N-dealkylation sites (N-methyl/N-ethyl adjacent to an activating group) is 1. The molecule has 0 radical (unpaired) electrons. The number of cyclic esters (lactones) is 1. The summed E-state index contributed by atoms with van der Waals surface area (Å²) >= 11 is 0. The third-order valence-electron chi connectivity index (χ3n) is 11.7. The number of carbonyl (C=O) groups excluding carboxylic acids is 2. The number of fused-ring (bicyclic) bond motifs is 1. The minimum atomic E-state index is -1.22. The molecule has 3 saturated heterocycles. The molecule has 53 heavy (non-hydrogen) atoms. The number of carbonyl (C=O) groups is 2. The van der Waals surface area contributed by atoms with Crippen LogP contribution in [-0.4, -0.2) is 163 Å². The zero-order chi connectivity index (χ0) is 39.5. The number of epoxide rings is 1. The first kappa shape index (κ1) is 44.1. The Labute approximate surface area is 314 Å². The lowest BCUT2D eigenvalue weighted by Gasteiger charge is -2.46. The maximum atomic E-state index is 13.6. The number of hydrogen-bond acceptors (Lipinski definition) is 15. The van der Waals surface area contributed by atoms with Crippen LogP contribution in [0.2, 0.25) is 0 Å². The lowest BCUT2D eigenvalue weighted by molar-refractivity contribution is -0.305. The molecule has 4 N–H and O–H groups in total.